The van der Waals surface area contributed by atoms with Gasteiger partial charge in [-0.3, -0.25) is 0 Å². The lowest BCUT2D eigenvalue weighted by Gasteiger charge is -2.04. The third-order valence-corrected chi connectivity index (χ3v) is 5.53. The van der Waals surface area contributed by atoms with Crippen molar-refractivity contribution >= 4 is 21.8 Å². The number of benzene rings is 2. The molecule has 3 heterocycles. The average Bonchev–Trinajstić information content (AvgIpc) is 3.39. The first kappa shape index (κ1) is 19.3. The summed E-state index contributed by atoms with van der Waals surface area (Å²) in [4.78, 5) is 12.8. The van der Waals surface area contributed by atoms with Gasteiger partial charge in [-0.15, -0.1) is 0 Å². The Bertz CT molecular complexity index is 1490. The second-order valence-corrected chi connectivity index (χ2v) is 7.51. The van der Waals surface area contributed by atoms with Crippen LogP contribution in [0.2, 0.25) is 0 Å². The molecule has 5 rings (SSSR count). The van der Waals surface area contributed by atoms with Crippen molar-refractivity contribution < 1.29 is 8.78 Å². The maximum absolute atomic E-state index is 14.0. The van der Waals surface area contributed by atoms with Crippen LogP contribution in [0.15, 0.2) is 53.6 Å². The lowest BCUT2D eigenvalue weighted by molar-refractivity contribution is 0.625. The molecule has 0 aliphatic carbocycles. The van der Waals surface area contributed by atoms with E-state index in [-0.39, 0.29) is 11.6 Å². The minimum atomic E-state index is -0.420. The lowest BCUT2D eigenvalue weighted by atomic mass is 10.1. The summed E-state index contributed by atoms with van der Waals surface area (Å²) < 4.78 is 32.9. The molecule has 0 fully saturated rings. The van der Waals surface area contributed by atoms with E-state index in [1.54, 1.807) is 16.7 Å². The zero-order valence-electron chi connectivity index (χ0n) is 16.8. The van der Waals surface area contributed by atoms with Crippen LogP contribution in [0.4, 0.5) is 8.78 Å². The predicted molar refractivity (Wildman–Crippen MR) is 115 cm³/mol. The maximum atomic E-state index is 14.0. The van der Waals surface area contributed by atoms with Crippen LogP contribution in [-0.4, -0.2) is 30.4 Å². The van der Waals surface area contributed by atoms with E-state index in [2.05, 4.69) is 10.2 Å². The molecule has 0 saturated heterocycles. The van der Waals surface area contributed by atoms with Crippen molar-refractivity contribution in [2.75, 3.05) is 6.54 Å². The Morgan fingerprint density at radius 1 is 1.03 bits per heavy atom. The fraction of sp³-hybridized carbons (Fsp3) is 0.182. The first-order valence-corrected chi connectivity index (χ1v) is 9.89. The number of nitrogens with two attached hydrogens (primary N) is 1. The molecule has 7 nitrogen and oxygen atoms in total. The van der Waals surface area contributed by atoms with Crippen LogP contribution in [-0.2, 0) is 13.6 Å². The Morgan fingerprint density at radius 2 is 1.74 bits per heavy atom. The van der Waals surface area contributed by atoms with Gasteiger partial charge in [-0.2, -0.15) is 5.10 Å². The molecular weight excluding hydrogens is 402 g/mol. The quantitative estimate of drug-likeness (QED) is 0.456. The number of H-pyrrole nitrogens is 1. The fourth-order valence-electron chi connectivity index (χ4n) is 4.11. The van der Waals surface area contributed by atoms with Crippen LogP contribution in [0.1, 0.15) is 6.42 Å². The highest BCUT2D eigenvalue weighted by molar-refractivity contribution is 5.96. The number of hydrogen-bond donors (Lipinski definition) is 2. The Labute approximate surface area is 175 Å². The van der Waals surface area contributed by atoms with Crippen LogP contribution in [0.3, 0.4) is 0 Å². The Balaban J connectivity index is 1.77. The number of fused-ring (bicyclic) bond motifs is 2. The topological polar surface area (TPSA) is 86.6 Å². The molecular formula is C22H20F2N6O. The highest BCUT2D eigenvalue weighted by atomic mass is 19.1. The lowest BCUT2D eigenvalue weighted by Crippen LogP contribution is -2.15. The summed E-state index contributed by atoms with van der Waals surface area (Å²) in [6.45, 7) is 1.08. The summed E-state index contributed by atoms with van der Waals surface area (Å²) in [5.41, 5.74) is 7.85. The van der Waals surface area contributed by atoms with Gasteiger partial charge in [-0.05, 0) is 49.4 Å². The normalized spacial score (nSPS) is 11.7. The van der Waals surface area contributed by atoms with E-state index in [0.717, 1.165) is 10.8 Å². The van der Waals surface area contributed by atoms with Gasteiger partial charge in [0.2, 0.25) is 0 Å². The third-order valence-electron chi connectivity index (χ3n) is 5.53. The summed E-state index contributed by atoms with van der Waals surface area (Å²) in [5, 5.41) is 8.26. The van der Waals surface area contributed by atoms with E-state index in [1.807, 2.05) is 24.0 Å². The molecule has 0 aliphatic heterocycles. The molecule has 0 aliphatic rings. The second-order valence-electron chi connectivity index (χ2n) is 7.51. The molecule has 158 valence electrons. The van der Waals surface area contributed by atoms with Gasteiger partial charge in [0.15, 0.2) is 5.82 Å². The summed E-state index contributed by atoms with van der Waals surface area (Å²) in [7, 11) is 1.81. The molecule has 3 N–H and O–H groups in total. The number of rotatable bonds is 5. The zero-order chi connectivity index (χ0) is 21.7. The van der Waals surface area contributed by atoms with Crippen LogP contribution < -0.4 is 11.4 Å². The molecule has 0 bridgehead atoms. The molecule has 5 aromatic rings. The van der Waals surface area contributed by atoms with Crippen molar-refractivity contribution in [2.45, 2.75) is 13.0 Å². The van der Waals surface area contributed by atoms with Crippen LogP contribution in [0, 0.1) is 11.6 Å². The highest BCUT2D eigenvalue weighted by Crippen LogP contribution is 2.32. The molecule has 31 heavy (non-hydrogen) atoms. The molecule has 0 atom stereocenters. The van der Waals surface area contributed by atoms with Gasteiger partial charge in [0.05, 0.1) is 16.7 Å². The number of aryl methyl sites for hydroxylation is 2. The van der Waals surface area contributed by atoms with Crippen LogP contribution in [0.25, 0.3) is 38.9 Å². The predicted octanol–water partition coefficient (Wildman–Crippen LogP) is 3.30. The smallest absolute Gasteiger partial charge is 0.348 e. The molecule has 0 spiro atoms. The van der Waals surface area contributed by atoms with Gasteiger partial charge >= 0.3 is 5.69 Å². The first-order chi connectivity index (χ1) is 15.0. The zero-order valence-corrected chi connectivity index (χ0v) is 16.8. The number of hydrogen-bond acceptors (Lipinski definition) is 3. The summed E-state index contributed by atoms with van der Waals surface area (Å²) in [5.74, 6) is -0.309. The van der Waals surface area contributed by atoms with Gasteiger partial charge < -0.3 is 14.9 Å². The Kier molecular flexibility index (Phi) is 4.48. The van der Waals surface area contributed by atoms with Gasteiger partial charge in [-0.25, -0.2) is 23.2 Å². The summed E-state index contributed by atoms with van der Waals surface area (Å²) >= 11 is 0. The van der Waals surface area contributed by atoms with E-state index < -0.39 is 5.69 Å². The van der Waals surface area contributed by atoms with E-state index in [4.69, 9.17) is 5.73 Å². The van der Waals surface area contributed by atoms with Crippen LogP contribution in [0.5, 0.6) is 0 Å². The number of aromatic nitrogens is 5. The van der Waals surface area contributed by atoms with Crippen LogP contribution >= 0.6 is 0 Å². The SMILES string of the molecule is Cn1cc(-c2n[nH]c(=O)n2-c2cn(CCCN)c3cc(F)ccc23)c2ccc(F)cc21. The monoisotopic (exact) mass is 422 g/mol. The van der Waals surface area contributed by atoms with Crippen molar-refractivity contribution in [3.05, 3.63) is 70.9 Å². The number of nitrogens with one attached hydrogen (secondary N) is 1. The van der Waals surface area contributed by atoms with E-state index >= 15 is 0 Å². The molecule has 3 aromatic heterocycles. The Hall–Kier alpha value is -3.72. The van der Waals surface area contributed by atoms with Gasteiger partial charge in [0.25, 0.3) is 0 Å². The molecule has 0 radical (unpaired) electrons. The first-order valence-electron chi connectivity index (χ1n) is 9.89. The molecule has 2 aromatic carbocycles. The summed E-state index contributed by atoms with van der Waals surface area (Å²) in [6, 6.07) is 8.95. The van der Waals surface area contributed by atoms with E-state index in [9.17, 15) is 13.6 Å². The largest absolute Gasteiger partial charge is 0.350 e. The van der Waals surface area contributed by atoms with Crippen molar-refractivity contribution in [2.24, 2.45) is 12.8 Å². The van der Waals surface area contributed by atoms with Gasteiger partial charge in [0.1, 0.15) is 11.6 Å². The maximum Gasteiger partial charge on any atom is 0.348 e. The highest BCUT2D eigenvalue weighted by Gasteiger charge is 2.21. The summed E-state index contributed by atoms with van der Waals surface area (Å²) in [6.07, 6.45) is 4.33. The second kappa shape index (κ2) is 7.21. The Morgan fingerprint density at radius 3 is 2.48 bits per heavy atom. The van der Waals surface area contributed by atoms with Gasteiger partial charge in [-0.1, -0.05) is 0 Å². The van der Waals surface area contributed by atoms with E-state index in [1.165, 1.54) is 28.8 Å². The standard InChI is InChI=1S/C22H20F2N6O/c1-28-11-17(15-5-3-13(23)9-18(15)28)21-26-27-22(31)30(21)20-12-29(8-2-7-25)19-10-14(24)4-6-16(19)20/h3-6,9-12H,2,7-8,25H2,1H3,(H,27,31). The number of aromatic amines is 1. The van der Waals surface area contributed by atoms with E-state index in [0.29, 0.717) is 47.6 Å². The average molecular weight is 422 g/mol. The molecule has 9 heteroatoms. The minimum absolute atomic E-state index is 0.343. The van der Waals surface area contributed by atoms with Crippen molar-refractivity contribution in [3.8, 4) is 17.1 Å². The molecule has 0 saturated carbocycles. The van der Waals surface area contributed by atoms with Crippen molar-refractivity contribution in [3.63, 3.8) is 0 Å². The van der Waals surface area contributed by atoms with Gasteiger partial charge in [0, 0.05) is 42.3 Å². The molecule has 0 unspecified atom stereocenters. The third kappa shape index (κ3) is 3.05. The number of nitrogens with zero attached hydrogens (tertiary/aromatic N) is 4. The van der Waals surface area contributed by atoms with Crippen molar-refractivity contribution in [1.82, 2.24) is 23.9 Å². The fourth-order valence-corrected chi connectivity index (χ4v) is 4.11. The minimum Gasteiger partial charge on any atom is -0.350 e. The van der Waals surface area contributed by atoms with Crippen molar-refractivity contribution in [1.29, 1.82) is 0 Å². The number of halogens is 2. The molecule has 0 amide bonds.